The molecule has 9 heteroatoms. The van der Waals surface area contributed by atoms with Gasteiger partial charge in [-0.15, -0.1) is 0 Å². The van der Waals surface area contributed by atoms with E-state index in [1.165, 1.54) is 16.7 Å². The van der Waals surface area contributed by atoms with Crippen molar-refractivity contribution in [3.05, 3.63) is 99.6 Å². The molecule has 0 aromatic heterocycles. The molecule has 1 N–H and O–H groups in total. The minimum atomic E-state index is -0.0871. The number of hydrogen-bond donors (Lipinski definition) is 1. The zero-order valence-corrected chi connectivity index (χ0v) is 30.2. The first-order chi connectivity index (χ1) is 24.8. The summed E-state index contributed by atoms with van der Waals surface area (Å²) in [6.07, 6.45) is 6.41. The fourth-order valence-corrected chi connectivity index (χ4v) is 8.13. The Morgan fingerprint density at radius 2 is 1.43 bits per heavy atom. The van der Waals surface area contributed by atoms with Gasteiger partial charge in [0.05, 0.1) is 26.9 Å². The molecule has 1 aliphatic carbocycles. The predicted molar refractivity (Wildman–Crippen MR) is 196 cm³/mol. The number of amides is 1. The van der Waals surface area contributed by atoms with E-state index in [0.29, 0.717) is 45.8 Å². The lowest BCUT2D eigenvalue weighted by atomic mass is 9.87. The molecule has 51 heavy (non-hydrogen) atoms. The van der Waals surface area contributed by atoms with E-state index in [0.717, 1.165) is 74.7 Å². The van der Waals surface area contributed by atoms with E-state index in [1.54, 1.807) is 21.3 Å². The Morgan fingerprint density at radius 3 is 2.14 bits per heavy atom. The maximum absolute atomic E-state index is 13.5. The maximum atomic E-state index is 13.5. The second kappa shape index (κ2) is 13.8. The van der Waals surface area contributed by atoms with E-state index in [-0.39, 0.29) is 24.0 Å². The van der Waals surface area contributed by atoms with Crippen molar-refractivity contribution in [2.45, 2.75) is 63.1 Å². The zero-order chi connectivity index (χ0) is 35.2. The molecule has 9 rings (SSSR count). The molecule has 0 saturated heterocycles. The van der Waals surface area contributed by atoms with E-state index < -0.39 is 0 Å². The average molecular weight is 690 g/mol. The largest absolute Gasteiger partial charge is 0.493 e. The molecule has 4 heterocycles. The van der Waals surface area contributed by atoms with Gasteiger partial charge in [-0.3, -0.25) is 14.6 Å². The minimum absolute atomic E-state index is 0.00944. The number of fused-ring (bicyclic) bond motifs is 2. The summed E-state index contributed by atoms with van der Waals surface area (Å²) in [5.74, 6) is 4.36. The third kappa shape index (κ3) is 6.27. The van der Waals surface area contributed by atoms with Crippen LogP contribution in [-0.2, 0) is 25.7 Å². The van der Waals surface area contributed by atoms with Crippen LogP contribution in [0.15, 0.2) is 60.7 Å². The number of carbonyl (C=O) groups excluding carboxylic acids is 1. The Hall–Kier alpha value is -4.73. The number of hydrogen-bond acceptors (Lipinski definition) is 8. The standard InChI is InChI=1S/C42H47N3O6/c1-44-17-15-27-22-36(47-3)37-24-32(27)33(44)20-26-11-14-31(42(46)43-29-7-6-8-29)35(21-26)50-30-12-9-25(10-13-30)19-34-39-28(16-18-45(34)2)23-38(48-4)40(49-5)41(39)51-37/h9-14,21-24,29,33-34H,6-8,15-20H2,1-5H3,(H,43,46)/t33-,34+/m1/s1. The normalized spacial score (nSPS) is 20.1. The Kier molecular flexibility index (Phi) is 9.02. The van der Waals surface area contributed by atoms with Crippen molar-refractivity contribution in [2.75, 3.05) is 48.5 Å². The number of methoxy groups -OCH3 is 3. The van der Waals surface area contributed by atoms with Crippen LogP contribution in [0.3, 0.4) is 0 Å². The lowest BCUT2D eigenvalue weighted by Crippen LogP contribution is -2.39. The second-order valence-electron chi connectivity index (χ2n) is 14.4. The molecule has 0 radical (unpaired) electrons. The molecule has 0 spiro atoms. The second-order valence-corrected chi connectivity index (χ2v) is 14.4. The Bertz CT molecular complexity index is 1960. The van der Waals surface area contributed by atoms with Crippen LogP contribution in [0.2, 0.25) is 0 Å². The predicted octanol–water partition coefficient (Wildman–Crippen LogP) is 7.44. The van der Waals surface area contributed by atoms with Crippen LogP contribution in [0.1, 0.15) is 75.1 Å². The summed E-state index contributed by atoms with van der Waals surface area (Å²) >= 11 is 0. The van der Waals surface area contributed by atoms with Crippen molar-refractivity contribution < 1.29 is 28.5 Å². The topological polar surface area (TPSA) is 81.7 Å². The van der Waals surface area contributed by atoms with Crippen LogP contribution in [0.5, 0.6) is 40.2 Å². The molecule has 0 unspecified atom stereocenters. The highest BCUT2D eigenvalue weighted by Crippen LogP contribution is 2.51. The Morgan fingerprint density at radius 1 is 0.745 bits per heavy atom. The average Bonchev–Trinajstić information content (AvgIpc) is 3.12. The molecule has 6 bridgehead atoms. The monoisotopic (exact) mass is 689 g/mol. The summed E-state index contributed by atoms with van der Waals surface area (Å²) in [7, 11) is 9.38. The maximum Gasteiger partial charge on any atom is 0.255 e. The number of nitrogens with one attached hydrogen (secondary N) is 1. The van der Waals surface area contributed by atoms with Crippen LogP contribution in [0.25, 0.3) is 0 Å². The molecule has 1 fully saturated rings. The smallest absolute Gasteiger partial charge is 0.255 e. The van der Waals surface area contributed by atoms with E-state index in [1.807, 2.05) is 24.3 Å². The van der Waals surface area contributed by atoms with Gasteiger partial charge >= 0.3 is 0 Å². The number of carbonyl (C=O) groups is 1. The third-order valence-electron chi connectivity index (χ3n) is 11.4. The summed E-state index contributed by atoms with van der Waals surface area (Å²) in [5.41, 5.74) is 7.49. The summed E-state index contributed by atoms with van der Waals surface area (Å²) in [5, 5.41) is 3.21. The van der Waals surface area contributed by atoms with Crippen molar-refractivity contribution in [2.24, 2.45) is 0 Å². The van der Waals surface area contributed by atoms with Crippen molar-refractivity contribution in [3.63, 3.8) is 0 Å². The van der Waals surface area contributed by atoms with Crippen LogP contribution in [-0.4, -0.2) is 70.3 Å². The Balaban J connectivity index is 1.30. The van der Waals surface area contributed by atoms with Gasteiger partial charge in [-0.05, 0) is 129 Å². The van der Waals surface area contributed by atoms with Gasteiger partial charge in [0.15, 0.2) is 23.0 Å². The fourth-order valence-electron chi connectivity index (χ4n) is 8.13. The molecule has 4 aromatic carbocycles. The molecular formula is C42H47N3O6. The number of benzene rings is 4. The number of ether oxygens (including phenoxy) is 5. The van der Waals surface area contributed by atoms with Crippen molar-refractivity contribution in [1.29, 1.82) is 0 Å². The molecule has 5 aliphatic rings. The third-order valence-corrected chi connectivity index (χ3v) is 11.4. The van der Waals surface area contributed by atoms with Crippen LogP contribution in [0, 0.1) is 0 Å². The molecule has 2 atom stereocenters. The van der Waals surface area contributed by atoms with E-state index >= 15 is 0 Å². The molecule has 1 saturated carbocycles. The molecule has 4 aromatic rings. The van der Waals surface area contributed by atoms with Gasteiger partial charge in [0.25, 0.3) is 5.91 Å². The van der Waals surface area contributed by atoms with Gasteiger partial charge in [-0.25, -0.2) is 0 Å². The summed E-state index contributed by atoms with van der Waals surface area (Å²) < 4.78 is 31.6. The lowest BCUT2D eigenvalue weighted by Gasteiger charge is -2.37. The summed E-state index contributed by atoms with van der Waals surface area (Å²) in [4.78, 5) is 18.3. The zero-order valence-electron chi connectivity index (χ0n) is 30.2. The molecule has 266 valence electrons. The SMILES string of the molecule is COc1cc2c3cc1Oc1c(OC)c(OC)cc4c1[C@H](Cc1ccc(cc1)Oc1cc(ccc1C(=O)NC1CCC1)C[C@H]3N(C)CC2)N(C)CC4. The van der Waals surface area contributed by atoms with Gasteiger partial charge < -0.3 is 29.0 Å². The number of nitrogens with zero attached hydrogens (tertiary/aromatic N) is 2. The van der Waals surface area contributed by atoms with E-state index in [9.17, 15) is 4.79 Å². The number of likely N-dealkylation sites (N-methyl/N-ethyl adjacent to an activating group) is 2. The van der Waals surface area contributed by atoms with Crippen LogP contribution < -0.4 is 29.0 Å². The quantitative estimate of drug-likeness (QED) is 0.232. The van der Waals surface area contributed by atoms with Gasteiger partial charge in [0, 0.05) is 36.8 Å². The highest BCUT2D eigenvalue weighted by molar-refractivity contribution is 5.97. The summed E-state index contributed by atoms with van der Waals surface area (Å²) in [6.45, 7) is 1.80. The first-order valence-corrected chi connectivity index (χ1v) is 18.1. The van der Waals surface area contributed by atoms with Crippen molar-refractivity contribution in [3.8, 4) is 40.2 Å². The fraction of sp³-hybridized carbons (Fsp3) is 0.405. The first-order valence-electron chi connectivity index (χ1n) is 18.1. The van der Waals surface area contributed by atoms with Gasteiger partial charge in [0.2, 0.25) is 5.75 Å². The highest BCUT2D eigenvalue weighted by Gasteiger charge is 2.35. The van der Waals surface area contributed by atoms with Crippen LogP contribution >= 0.6 is 0 Å². The molecule has 1 amide bonds. The minimum Gasteiger partial charge on any atom is -0.493 e. The van der Waals surface area contributed by atoms with Crippen LogP contribution in [0.4, 0.5) is 0 Å². The van der Waals surface area contributed by atoms with Gasteiger partial charge in [-0.1, -0.05) is 18.2 Å². The number of rotatable bonds is 5. The molecule has 9 nitrogen and oxygen atoms in total. The van der Waals surface area contributed by atoms with E-state index in [2.05, 4.69) is 65.6 Å². The van der Waals surface area contributed by atoms with Crippen molar-refractivity contribution in [1.82, 2.24) is 15.1 Å². The van der Waals surface area contributed by atoms with Gasteiger partial charge in [-0.2, -0.15) is 0 Å². The lowest BCUT2D eigenvalue weighted by molar-refractivity contribution is 0.0914. The van der Waals surface area contributed by atoms with E-state index in [4.69, 9.17) is 23.7 Å². The van der Waals surface area contributed by atoms with Gasteiger partial charge in [0.1, 0.15) is 11.5 Å². The van der Waals surface area contributed by atoms with Crippen molar-refractivity contribution >= 4 is 5.91 Å². The first kappa shape index (κ1) is 33.4. The molecule has 4 aliphatic heterocycles. The summed E-state index contributed by atoms with van der Waals surface area (Å²) in [6, 6.07) is 21.0. The Labute approximate surface area is 300 Å². The molecular weight excluding hydrogens is 642 g/mol. The highest BCUT2D eigenvalue weighted by atomic mass is 16.5.